The Kier molecular flexibility index (Phi) is 2.57. The number of Topliss-reactive ketones (excluding diaryl/α,β-unsaturated/α-hetero) is 1. The van der Waals surface area contributed by atoms with E-state index in [0.717, 1.165) is 29.6 Å². The molecule has 1 heterocycles. The van der Waals surface area contributed by atoms with E-state index in [2.05, 4.69) is 5.10 Å². The highest BCUT2D eigenvalue weighted by molar-refractivity contribution is 5.94. The third-order valence-corrected chi connectivity index (χ3v) is 4.62. The fourth-order valence-corrected chi connectivity index (χ4v) is 3.84. The van der Waals surface area contributed by atoms with Crippen molar-refractivity contribution >= 4 is 5.78 Å². The Morgan fingerprint density at radius 2 is 2.29 bits per heavy atom. The van der Waals surface area contributed by atoms with Gasteiger partial charge in [0.15, 0.2) is 5.78 Å². The molecular weight excluding hydrogens is 212 g/mol. The van der Waals surface area contributed by atoms with Crippen LogP contribution < -0.4 is 0 Å². The van der Waals surface area contributed by atoms with E-state index in [1.165, 1.54) is 25.7 Å². The molecule has 0 amide bonds. The second kappa shape index (κ2) is 3.97. The molecule has 0 aliphatic heterocycles. The number of ketones is 1. The van der Waals surface area contributed by atoms with Gasteiger partial charge in [-0.15, -0.1) is 0 Å². The van der Waals surface area contributed by atoms with Crippen LogP contribution in [0.1, 0.15) is 48.3 Å². The van der Waals surface area contributed by atoms with E-state index in [-0.39, 0.29) is 5.78 Å². The average Bonchev–Trinajstić information content (AvgIpc) is 2.93. The predicted octanol–water partition coefficient (Wildman–Crippen LogP) is 2.74. The molecule has 3 unspecified atom stereocenters. The van der Waals surface area contributed by atoms with Crippen LogP contribution in [0.2, 0.25) is 0 Å². The number of aromatic nitrogens is 2. The number of fused-ring (bicyclic) bond motifs is 2. The summed E-state index contributed by atoms with van der Waals surface area (Å²) < 4.78 is 1.73. The summed E-state index contributed by atoms with van der Waals surface area (Å²) in [5.41, 5.74) is 1.72. The van der Waals surface area contributed by atoms with Crippen LogP contribution in [0.15, 0.2) is 6.07 Å². The van der Waals surface area contributed by atoms with E-state index in [1.54, 1.807) is 4.68 Å². The molecule has 3 heteroatoms. The number of nitrogens with zero attached hydrogens (tertiary/aromatic N) is 2. The van der Waals surface area contributed by atoms with Crippen LogP contribution in [0.3, 0.4) is 0 Å². The van der Waals surface area contributed by atoms with Crippen molar-refractivity contribution in [3.63, 3.8) is 0 Å². The van der Waals surface area contributed by atoms with Crippen molar-refractivity contribution in [2.75, 3.05) is 0 Å². The number of hydrogen-bond acceptors (Lipinski definition) is 2. The first kappa shape index (κ1) is 11.0. The highest BCUT2D eigenvalue weighted by Crippen LogP contribution is 2.49. The molecule has 3 atom stereocenters. The molecule has 2 bridgehead atoms. The number of hydrogen-bond donors (Lipinski definition) is 0. The van der Waals surface area contributed by atoms with Gasteiger partial charge in [-0.3, -0.25) is 9.48 Å². The van der Waals surface area contributed by atoms with Gasteiger partial charge in [-0.1, -0.05) is 6.42 Å². The molecule has 0 aromatic carbocycles. The first-order valence-corrected chi connectivity index (χ1v) is 6.67. The third kappa shape index (κ3) is 1.92. The molecule has 2 aliphatic carbocycles. The van der Waals surface area contributed by atoms with E-state index in [9.17, 15) is 4.79 Å². The van der Waals surface area contributed by atoms with E-state index in [1.807, 2.05) is 20.0 Å². The highest BCUT2D eigenvalue weighted by atomic mass is 16.1. The second-order valence-electron chi connectivity index (χ2n) is 5.86. The monoisotopic (exact) mass is 232 g/mol. The van der Waals surface area contributed by atoms with Gasteiger partial charge in [0, 0.05) is 13.5 Å². The molecule has 2 fully saturated rings. The molecule has 92 valence electrons. The minimum Gasteiger partial charge on any atom is -0.292 e. The molecule has 1 aromatic heterocycles. The summed E-state index contributed by atoms with van der Waals surface area (Å²) in [4.78, 5) is 12.3. The van der Waals surface area contributed by atoms with E-state index >= 15 is 0 Å². The molecule has 17 heavy (non-hydrogen) atoms. The van der Waals surface area contributed by atoms with Crippen molar-refractivity contribution in [1.29, 1.82) is 0 Å². The summed E-state index contributed by atoms with van der Waals surface area (Å²) in [5, 5.41) is 4.25. The van der Waals surface area contributed by atoms with Crippen LogP contribution in [0.4, 0.5) is 0 Å². The van der Waals surface area contributed by atoms with Gasteiger partial charge in [0.2, 0.25) is 0 Å². The number of carbonyl (C=O) groups excluding carboxylic acids is 1. The summed E-state index contributed by atoms with van der Waals surface area (Å²) in [7, 11) is 1.86. The quantitative estimate of drug-likeness (QED) is 0.751. The minimum absolute atomic E-state index is 0.283. The standard InChI is InChI=1S/C14H20N2O/c1-9-5-13(16(2)15-9)14(17)8-12-7-10-3-4-11(12)6-10/h5,10-12H,3-4,6-8H2,1-2H3. The SMILES string of the molecule is Cc1cc(C(=O)CC2CC3CCC2C3)n(C)n1. The lowest BCUT2D eigenvalue weighted by Crippen LogP contribution is -2.17. The molecule has 2 aliphatic rings. The first-order valence-electron chi connectivity index (χ1n) is 6.67. The molecular formula is C14H20N2O. The van der Waals surface area contributed by atoms with Gasteiger partial charge in [0.1, 0.15) is 5.69 Å². The van der Waals surface area contributed by atoms with Crippen LogP contribution in [-0.2, 0) is 7.05 Å². The maximum Gasteiger partial charge on any atom is 0.181 e. The molecule has 0 spiro atoms. The normalized spacial score (nSPS) is 31.1. The average molecular weight is 232 g/mol. The summed E-state index contributed by atoms with van der Waals surface area (Å²) in [6, 6.07) is 1.91. The van der Waals surface area contributed by atoms with Crippen molar-refractivity contribution in [1.82, 2.24) is 9.78 Å². The smallest absolute Gasteiger partial charge is 0.181 e. The van der Waals surface area contributed by atoms with E-state index < -0.39 is 0 Å². The van der Waals surface area contributed by atoms with Gasteiger partial charge in [-0.25, -0.2) is 0 Å². The lowest BCUT2D eigenvalue weighted by molar-refractivity contribution is 0.0935. The van der Waals surface area contributed by atoms with Crippen LogP contribution in [0.5, 0.6) is 0 Å². The minimum atomic E-state index is 0.283. The van der Waals surface area contributed by atoms with Gasteiger partial charge in [-0.05, 0) is 50.0 Å². The van der Waals surface area contributed by atoms with Gasteiger partial charge in [-0.2, -0.15) is 5.10 Å². The van der Waals surface area contributed by atoms with Gasteiger partial charge in [0.25, 0.3) is 0 Å². The van der Waals surface area contributed by atoms with Gasteiger partial charge < -0.3 is 0 Å². The number of aryl methyl sites for hydroxylation is 2. The van der Waals surface area contributed by atoms with Gasteiger partial charge in [0.05, 0.1) is 5.69 Å². The van der Waals surface area contributed by atoms with Crippen LogP contribution in [-0.4, -0.2) is 15.6 Å². The second-order valence-corrected chi connectivity index (χ2v) is 5.86. The van der Waals surface area contributed by atoms with Gasteiger partial charge >= 0.3 is 0 Å². The fraction of sp³-hybridized carbons (Fsp3) is 0.714. The highest BCUT2D eigenvalue weighted by Gasteiger charge is 2.40. The largest absolute Gasteiger partial charge is 0.292 e. The molecule has 2 saturated carbocycles. The zero-order chi connectivity index (χ0) is 12.0. The van der Waals surface area contributed by atoms with Crippen molar-refractivity contribution in [3.8, 4) is 0 Å². The van der Waals surface area contributed by atoms with Crippen molar-refractivity contribution < 1.29 is 4.79 Å². The van der Waals surface area contributed by atoms with Crippen molar-refractivity contribution in [2.45, 2.75) is 39.0 Å². The molecule has 0 saturated heterocycles. The molecule has 0 N–H and O–H groups in total. The zero-order valence-electron chi connectivity index (χ0n) is 10.6. The molecule has 3 rings (SSSR count). The summed E-state index contributed by atoms with van der Waals surface area (Å²) >= 11 is 0. The maximum absolute atomic E-state index is 12.3. The fourth-order valence-electron chi connectivity index (χ4n) is 3.84. The van der Waals surface area contributed by atoms with Crippen molar-refractivity contribution in [3.05, 3.63) is 17.5 Å². The number of carbonyl (C=O) groups is 1. The maximum atomic E-state index is 12.3. The Morgan fingerprint density at radius 3 is 2.82 bits per heavy atom. The van der Waals surface area contributed by atoms with Crippen LogP contribution >= 0.6 is 0 Å². The molecule has 0 radical (unpaired) electrons. The summed E-state index contributed by atoms with van der Waals surface area (Å²) in [6.07, 6.45) is 6.16. The lowest BCUT2D eigenvalue weighted by atomic mass is 9.85. The van der Waals surface area contributed by atoms with E-state index in [4.69, 9.17) is 0 Å². The first-order chi connectivity index (χ1) is 8.13. The Labute approximate surface area is 102 Å². The topological polar surface area (TPSA) is 34.9 Å². The molecule has 1 aromatic rings. The third-order valence-electron chi connectivity index (χ3n) is 4.62. The van der Waals surface area contributed by atoms with E-state index in [0.29, 0.717) is 5.92 Å². The Bertz CT molecular complexity index is 449. The zero-order valence-corrected chi connectivity index (χ0v) is 10.6. The summed E-state index contributed by atoms with van der Waals surface area (Å²) in [5.74, 6) is 2.69. The molecule has 3 nitrogen and oxygen atoms in total. The Morgan fingerprint density at radius 1 is 1.47 bits per heavy atom. The lowest BCUT2D eigenvalue weighted by Gasteiger charge is -2.20. The Hall–Kier alpha value is -1.12. The van der Waals surface area contributed by atoms with Crippen LogP contribution in [0.25, 0.3) is 0 Å². The number of rotatable bonds is 3. The Balaban J connectivity index is 1.69. The van der Waals surface area contributed by atoms with Crippen LogP contribution in [0, 0.1) is 24.7 Å². The summed E-state index contributed by atoms with van der Waals surface area (Å²) in [6.45, 7) is 1.94. The van der Waals surface area contributed by atoms with Crippen molar-refractivity contribution in [2.24, 2.45) is 24.8 Å². The predicted molar refractivity (Wildman–Crippen MR) is 65.8 cm³/mol.